The Balaban J connectivity index is 2.67. The van der Waals surface area contributed by atoms with Crippen LogP contribution >= 0.6 is 0 Å². The number of aliphatic hydroxyl groups is 2. The number of rotatable bonds is 10. The van der Waals surface area contributed by atoms with Crippen LogP contribution in [0.4, 0.5) is 0 Å². The predicted molar refractivity (Wildman–Crippen MR) is 86.6 cm³/mol. The summed E-state index contributed by atoms with van der Waals surface area (Å²) < 4.78 is 5.78. The van der Waals surface area contributed by atoms with Gasteiger partial charge in [0.15, 0.2) is 0 Å². The zero-order valence-electron chi connectivity index (χ0n) is 13.6. The molecule has 1 aromatic rings. The van der Waals surface area contributed by atoms with Gasteiger partial charge in [0.05, 0.1) is 11.7 Å². The van der Waals surface area contributed by atoms with E-state index >= 15 is 0 Å². The number of hydrogen-bond acceptors (Lipinski definition) is 3. The number of benzene rings is 1. The van der Waals surface area contributed by atoms with Crippen molar-refractivity contribution >= 4 is 0 Å². The van der Waals surface area contributed by atoms with E-state index < -0.39 is 11.7 Å². The van der Waals surface area contributed by atoms with E-state index in [0.717, 1.165) is 44.1 Å². The van der Waals surface area contributed by atoms with Gasteiger partial charge in [0, 0.05) is 0 Å². The van der Waals surface area contributed by atoms with Crippen LogP contribution in [0.1, 0.15) is 71.0 Å². The highest BCUT2D eigenvalue weighted by atomic mass is 16.5. The topological polar surface area (TPSA) is 49.7 Å². The zero-order chi connectivity index (χ0) is 15.7. The lowest BCUT2D eigenvalue weighted by atomic mass is 9.94. The van der Waals surface area contributed by atoms with Crippen LogP contribution in [0, 0.1) is 0 Å². The van der Waals surface area contributed by atoms with Gasteiger partial charge in [-0.05, 0) is 37.0 Å². The van der Waals surface area contributed by atoms with Gasteiger partial charge in [-0.25, -0.2) is 0 Å². The molecule has 0 saturated heterocycles. The first kappa shape index (κ1) is 18.0. The van der Waals surface area contributed by atoms with Crippen LogP contribution in [0.3, 0.4) is 0 Å². The summed E-state index contributed by atoms with van der Waals surface area (Å²) in [6, 6.07) is 7.55. The first-order valence-corrected chi connectivity index (χ1v) is 8.17. The smallest absolute Gasteiger partial charge is 0.119 e. The summed E-state index contributed by atoms with van der Waals surface area (Å²) in [4.78, 5) is 0. The molecule has 0 heterocycles. The lowest BCUT2D eigenvalue weighted by molar-refractivity contribution is -0.0202. The van der Waals surface area contributed by atoms with Gasteiger partial charge in [-0.2, -0.15) is 0 Å². The maximum Gasteiger partial charge on any atom is 0.119 e. The molecule has 0 bridgehead atoms. The molecule has 0 saturated carbocycles. The van der Waals surface area contributed by atoms with Gasteiger partial charge in [0.1, 0.15) is 12.4 Å². The highest BCUT2D eigenvalue weighted by Crippen LogP contribution is 2.25. The van der Waals surface area contributed by atoms with Gasteiger partial charge >= 0.3 is 0 Å². The second-order valence-electron chi connectivity index (χ2n) is 5.89. The molecule has 3 heteroatoms. The Bertz CT molecular complexity index is 397. The van der Waals surface area contributed by atoms with Gasteiger partial charge in [-0.3, -0.25) is 0 Å². The van der Waals surface area contributed by atoms with Crippen LogP contribution in [-0.2, 0) is 0 Å². The summed E-state index contributed by atoms with van der Waals surface area (Å²) in [7, 11) is 0. The normalized spacial score (nSPS) is 13.2. The molecule has 120 valence electrons. The molecule has 0 aliphatic carbocycles. The summed E-state index contributed by atoms with van der Waals surface area (Å²) in [5.74, 6) is 0.716. The van der Waals surface area contributed by atoms with Gasteiger partial charge in [-0.1, -0.05) is 52.2 Å². The van der Waals surface area contributed by atoms with Crippen molar-refractivity contribution in [2.45, 2.75) is 71.0 Å². The van der Waals surface area contributed by atoms with E-state index in [1.807, 2.05) is 24.3 Å². The molecule has 0 radical (unpaired) electrons. The largest absolute Gasteiger partial charge is 0.491 e. The Kier molecular flexibility index (Phi) is 7.76. The fraction of sp³-hybridized carbons (Fsp3) is 0.667. The van der Waals surface area contributed by atoms with Crippen LogP contribution < -0.4 is 4.74 Å². The second-order valence-corrected chi connectivity index (χ2v) is 5.89. The van der Waals surface area contributed by atoms with Crippen molar-refractivity contribution in [1.29, 1.82) is 0 Å². The Morgan fingerprint density at radius 3 is 2.33 bits per heavy atom. The van der Waals surface area contributed by atoms with E-state index in [0.29, 0.717) is 12.4 Å². The van der Waals surface area contributed by atoms with Crippen LogP contribution in [0.2, 0.25) is 0 Å². The lowest BCUT2D eigenvalue weighted by Crippen LogP contribution is -2.35. The van der Waals surface area contributed by atoms with Crippen molar-refractivity contribution in [3.8, 4) is 5.75 Å². The molecular weight excluding hydrogens is 264 g/mol. The molecule has 0 fully saturated rings. The number of aliphatic hydroxyl groups excluding tert-OH is 1. The van der Waals surface area contributed by atoms with Gasteiger partial charge in [0.25, 0.3) is 0 Å². The SMILES string of the molecule is CCC[C@H](O)c1cccc(OCC(O)(CCC)CCC)c1. The van der Waals surface area contributed by atoms with Crippen LogP contribution in [0.5, 0.6) is 5.75 Å². The molecule has 0 aliphatic rings. The first-order valence-electron chi connectivity index (χ1n) is 8.17. The van der Waals surface area contributed by atoms with Crippen molar-refractivity contribution in [3.63, 3.8) is 0 Å². The molecule has 0 unspecified atom stereocenters. The highest BCUT2D eigenvalue weighted by molar-refractivity contribution is 5.30. The maximum atomic E-state index is 10.6. The van der Waals surface area contributed by atoms with Crippen LogP contribution in [0.25, 0.3) is 0 Å². The average molecular weight is 294 g/mol. The van der Waals surface area contributed by atoms with Crippen molar-refractivity contribution in [2.24, 2.45) is 0 Å². The minimum Gasteiger partial charge on any atom is -0.491 e. The Hall–Kier alpha value is -1.06. The molecule has 3 nitrogen and oxygen atoms in total. The molecule has 1 atom stereocenters. The van der Waals surface area contributed by atoms with Crippen molar-refractivity contribution in [2.75, 3.05) is 6.61 Å². The highest BCUT2D eigenvalue weighted by Gasteiger charge is 2.25. The molecular formula is C18H30O3. The van der Waals surface area contributed by atoms with Gasteiger partial charge in [0.2, 0.25) is 0 Å². The average Bonchev–Trinajstić information content (AvgIpc) is 2.46. The molecule has 0 amide bonds. The van der Waals surface area contributed by atoms with Gasteiger partial charge < -0.3 is 14.9 Å². The van der Waals surface area contributed by atoms with Crippen molar-refractivity contribution in [1.82, 2.24) is 0 Å². The summed E-state index contributed by atoms with van der Waals surface area (Å²) in [6.45, 7) is 6.51. The van der Waals surface area contributed by atoms with E-state index in [1.54, 1.807) is 0 Å². The first-order chi connectivity index (χ1) is 10.0. The Labute approximate surface area is 129 Å². The summed E-state index contributed by atoms with van der Waals surface area (Å²) in [6.07, 6.45) is 4.63. The van der Waals surface area contributed by atoms with E-state index in [4.69, 9.17) is 4.74 Å². The standard InChI is InChI=1S/C18H30O3/c1-4-8-17(19)15-9-7-10-16(13-15)21-14-18(20,11-5-2)12-6-3/h7,9-10,13,17,19-20H,4-6,8,11-12,14H2,1-3H3/t17-/m0/s1. The predicted octanol–water partition coefficient (Wildman–Crippen LogP) is 4.23. The molecule has 0 aliphatic heterocycles. The van der Waals surface area contributed by atoms with Crippen LogP contribution in [0.15, 0.2) is 24.3 Å². The fourth-order valence-electron chi connectivity index (χ4n) is 2.67. The Morgan fingerprint density at radius 2 is 1.76 bits per heavy atom. The molecule has 21 heavy (non-hydrogen) atoms. The van der Waals surface area contributed by atoms with Gasteiger partial charge in [-0.15, -0.1) is 0 Å². The van der Waals surface area contributed by atoms with E-state index in [-0.39, 0.29) is 0 Å². The summed E-state index contributed by atoms with van der Waals surface area (Å²) in [5.41, 5.74) is 0.130. The molecule has 0 spiro atoms. The number of ether oxygens (including phenoxy) is 1. The third-order valence-corrected chi connectivity index (χ3v) is 3.74. The van der Waals surface area contributed by atoms with Crippen LogP contribution in [-0.4, -0.2) is 22.4 Å². The summed E-state index contributed by atoms with van der Waals surface area (Å²) >= 11 is 0. The molecule has 1 rings (SSSR count). The van der Waals surface area contributed by atoms with E-state index in [9.17, 15) is 10.2 Å². The zero-order valence-corrected chi connectivity index (χ0v) is 13.6. The number of hydrogen-bond donors (Lipinski definition) is 2. The molecule has 2 N–H and O–H groups in total. The second kappa shape index (κ2) is 9.06. The van der Waals surface area contributed by atoms with Crippen molar-refractivity contribution < 1.29 is 14.9 Å². The fourth-order valence-corrected chi connectivity index (χ4v) is 2.67. The quantitative estimate of drug-likeness (QED) is 0.679. The van der Waals surface area contributed by atoms with E-state index in [2.05, 4.69) is 20.8 Å². The maximum absolute atomic E-state index is 10.6. The van der Waals surface area contributed by atoms with E-state index in [1.165, 1.54) is 0 Å². The third-order valence-electron chi connectivity index (χ3n) is 3.74. The molecule has 0 aromatic heterocycles. The monoisotopic (exact) mass is 294 g/mol. The molecule has 1 aromatic carbocycles. The third kappa shape index (κ3) is 6.06. The minimum atomic E-state index is -0.748. The Morgan fingerprint density at radius 1 is 1.10 bits per heavy atom. The minimum absolute atomic E-state index is 0.308. The lowest BCUT2D eigenvalue weighted by Gasteiger charge is -2.27. The summed E-state index contributed by atoms with van der Waals surface area (Å²) in [5, 5.41) is 20.6. The van der Waals surface area contributed by atoms with Crippen molar-refractivity contribution in [3.05, 3.63) is 29.8 Å².